The van der Waals surface area contributed by atoms with Crippen molar-refractivity contribution >= 4 is 11.8 Å². The Morgan fingerprint density at radius 2 is 1.81 bits per heavy atom. The minimum atomic E-state index is 0.0502. The molecule has 0 atom stereocenters. The minimum absolute atomic E-state index is 0.0502. The molecule has 0 spiro atoms. The van der Waals surface area contributed by atoms with Gasteiger partial charge in [0.15, 0.2) is 0 Å². The summed E-state index contributed by atoms with van der Waals surface area (Å²) in [5, 5.41) is 3.00. The van der Waals surface area contributed by atoms with E-state index in [0.717, 1.165) is 69.6 Å². The number of ether oxygens (including phenoxy) is 1. The van der Waals surface area contributed by atoms with E-state index in [4.69, 9.17) is 4.74 Å². The number of nitrogens with one attached hydrogen (secondary N) is 1. The van der Waals surface area contributed by atoms with Gasteiger partial charge in [-0.3, -0.25) is 14.5 Å². The second kappa shape index (κ2) is 9.74. The van der Waals surface area contributed by atoms with Crippen LogP contribution >= 0.6 is 0 Å². The molecule has 2 saturated heterocycles. The lowest BCUT2D eigenvalue weighted by molar-refractivity contribution is -0.136. The summed E-state index contributed by atoms with van der Waals surface area (Å²) in [7, 11) is 1.66. The molecule has 0 saturated carbocycles. The van der Waals surface area contributed by atoms with Crippen molar-refractivity contribution in [3.63, 3.8) is 0 Å². The Labute approximate surface area is 161 Å². The Balaban J connectivity index is 1.35. The fourth-order valence-electron chi connectivity index (χ4n) is 4.04. The number of likely N-dealkylation sites (tertiary alicyclic amines) is 2. The van der Waals surface area contributed by atoms with Crippen molar-refractivity contribution in [2.45, 2.75) is 32.1 Å². The second-order valence-electron chi connectivity index (χ2n) is 7.49. The number of rotatable bonds is 7. The van der Waals surface area contributed by atoms with Crippen molar-refractivity contribution in [2.24, 2.45) is 5.92 Å². The predicted molar refractivity (Wildman–Crippen MR) is 105 cm³/mol. The topological polar surface area (TPSA) is 61.9 Å². The number of nitrogens with zero attached hydrogens (tertiary/aromatic N) is 2. The van der Waals surface area contributed by atoms with Crippen molar-refractivity contribution in [1.29, 1.82) is 0 Å². The largest absolute Gasteiger partial charge is 0.496 e. The van der Waals surface area contributed by atoms with Crippen LogP contribution in [0.2, 0.25) is 0 Å². The molecule has 2 aliphatic heterocycles. The maximum Gasteiger partial charge on any atom is 0.234 e. The van der Waals surface area contributed by atoms with Gasteiger partial charge in [0.1, 0.15) is 5.75 Å². The molecule has 0 aromatic heterocycles. The van der Waals surface area contributed by atoms with Gasteiger partial charge in [0.05, 0.1) is 13.7 Å². The van der Waals surface area contributed by atoms with Gasteiger partial charge in [-0.25, -0.2) is 0 Å². The number of para-hydroxylation sites is 1. The smallest absolute Gasteiger partial charge is 0.234 e. The lowest BCUT2D eigenvalue weighted by Crippen LogP contribution is -2.45. The molecule has 2 fully saturated rings. The molecule has 27 heavy (non-hydrogen) atoms. The summed E-state index contributed by atoms with van der Waals surface area (Å²) < 4.78 is 5.34. The molecule has 6 nitrogen and oxygen atoms in total. The molecule has 3 rings (SSSR count). The van der Waals surface area contributed by atoms with Gasteiger partial charge in [0.2, 0.25) is 11.8 Å². The van der Waals surface area contributed by atoms with Crippen LogP contribution in [0.15, 0.2) is 24.3 Å². The molecule has 2 heterocycles. The van der Waals surface area contributed by atoms with E-state index in [2.05, 4.69) is 10.2 Å². The fourth-order valence-corrected chi connectivity index (χ4v) is 4.04. The third kappa shape index (κ3) is 5.45. The summed E-state index contributed by atoms with van der Waals surface area (Å²) in [5.41, 5.74) is 1.10. The third-order valence-corrected chi connectivity index (χ3v) is 5.63. The number of amides is 2. The van der Waals surface area contributed by atoms with Gasteiger partial charge in [-0.05, 0) is 56.8 Å². The molecule has 0 unspecified atom stereocenters. The van der Waals surface area contributed by atoms with E-state index in [1.807, 2.05) is 29.2 Å². The van der Waals surface area contributed by atoms with Crippen LogP contribution < -0.4 is 10.1 Å². The van der Waals surface area contributed by atoms with Crippen molar-refractivity contribution in [3.8, 4) is 5.75 Å². The highest BCUT2D eigenvalue weighted by Crippen LogP contribution is 2.22. The van der Waals surface area contributed by atoms with Crippen LogP contribution in [-0.2, 0) is 16.0 Å². The molecule has 0 radical (unpaired) electrons. The lowest BCUT2D eigenvalue weighted by atomic mass is 9.95. The molecule has 0 bridgehead atoms. The quantitative estimate of drug-likeness (QED) is 0.790. The Morgan fingerprint density at radius 3 is 2.52 bits per heavy atom. The molecular formula is C21H31N3O3. The molecule has 1 aromatic carbocycles. The van der Waals surface area contributed by atoms with Crippen LogP contribution in [0.4, 0.5) is 0 Å². The summed E-state index contributed by atoms with van der Waals surface area (Å²) in [6, 6.07) is 7.88. The van der Waals surface area contributed by atoms with Crippen LogP contribution in [0, 0.1) is 5.92 Å². The van der Waals surface area contributed by atoms with Crippen molar-refractivity contribution in [3.05, 3.63) is 29.8 Å². The molecule has 2 amide bonds. The highest BCUT2D eigenvalue weighted by molar-refractivity contribution is 5.79. The Morgan fingerprint density at radius 1 is 1.11 bits per heavy atom. The monoisotopic (exact) mass is 373 g/mol. The van der Waals surface area contributed by atoms with Gasteiger partial charge < -0.3 is 15.0 Å². The van der Waals surface area contributed by atoms with E-state index < -0.39 is 0 Å². The van der Waals surface area contributed by atoms with Crippen molar-refractivity contribution in [1.82, 2.24) is 15.1 Å². The number of hydrogen-bond donors (Lipinski definition) is 1. The van der Waals surface area contributed by atoms with Crippen LogP contribution in [0.3, 0.4) is 0 Å². The van der Waals surface area contributed by atoms with Crippen LogP contribution in [-0.4, -0.2) is 68.0 Å². The summed E-state index contributed by atoms with van der Waals surface area (Å²) in [5.74, 6) is 1.38. The summed E-state index contributed by atoms with van der Waals surface area (Å²) >= 11 is 0. The zero-order valence-electron chi connectivity index (χ0n) is 16.3. The minimum Gasteiger partial charge on any atom is -0.496 e. The molecular weight excluding hydrogens is 342 g/mol. The van der Waals surface area contributed by atoms with Crippen molar-refractivity contribution in [2.75, 3.05) is 46.4 Å². The molecule has 1 N–H and O–H groups in total. The predicted octanol–water partition coefficient (Wildman–Crippen LogP) is 1.69. The molecule has 148 valence electrons. The summed E-state index contributed by atoms with van der Waals surface area (Å²) in [6.45, 7) is 4.51. The maximum atomic E-state index is 12.5. The fraction of sp³-hybridized carbons (Fsp3) is 0.619. The van der Waals surface area contributed by atoms with Crippen molar-refractivity contribution < 1.29 is 14.3 Å². The molecule has 2 aliphatic rings. The highest BCUT2D eigenvalue weighted by atomic mass is 16.5. The maximum absolute atomic E-state index is 12.5. The van der Waals surface area contributed by atoms with Gasteiger partial charge in [-0.15, -0.1) is 0 Å². The highest BCUT2D eigenvalue weighted by Gasteiger charge is 2.30. The first-order chi connectivity index (χ1) is 13.2. The van der Waals surface area contributed by atoms with E-state index in [1.165, 1.54) is 0 Å². The second-order valence-corrected chi connectivity index (χ2v) is 7.49. The SMILES string of the molecule is COc1ccccc1CCNC(=O)CN1CCC(C(=O)N2CCCC2)CC1. The van der Waals surface area contributed by atoms with E-state index in [9.17, 15) is 9.59 Å². The molecule has 6 heteroatoms. The zero-order chi connectivity index (χ0) is 19.1. The van der Waals surface area contributed by atoms with E-state index in [1.54, 1.807) is 7.11 Å². The first kappa shape index (κ1) is 19.7. The van der Waals surface area contributed by atoms with Gasteiger partial charge in [0, 0.05) is 25.6 Å². The van der Waals surface area contributed by atoms with Gasteiger partial charge in [-0.2, -0.15) is 0 Å². The van der Waals surface area contributed by atoms with E-state index in [-0.39, 0.29) is 11.8 Å². The van der Waals surface area contributed by atoms with Gasteiger partial charge >= 0.3 is 0 Å². The number of hydrogen-bond acceptors (Lipinski definition) is 4. The number of piperidine rings is 1. The zero-order valence-corrected chi connectivity index (χ0v) is 16.3. The lowest BCUT2D eigenvalue weighted by Gasteiger charge is -2.32. The Kier molecular flexibility index (Phi) is 7.10. The normalized spacial score (nSPS) is 18.5. The van der Waals surface area contributed by atoms with E-state index in [0.29, 0.717) is 19.0 Å². The van der Waals surface area contributed by atoms with E-state index >= 15 is 0 Å². The van der Waals surface area contributed by atoms with Crippen LogP contribution in [0.1, 0.15) is 31.2 Å². The standard InChI is InChI=1S/C21H31N3O3/c1-27-19-7-3-2-6-17(19)8-11-22-20(25)16-23-14-9-18(10-15-23)21(26)24-12-4-5-13-24/h2-3,6-7,18H,4-5,8-16H2,1H3,(H,22,25). The Bertz CT molecular complexity index is 635. The molecule has 0 aliphatic carbocycles. The number of carbonyl (C=O) groups excluding carboxylic acids is 2. The number of benzene rings is 1. The average molecular weight is 373 g/mol. The molecule has 1 aromatic rings. The number of carbonyl (C=O) groups is 2. The van der Waals surface area contributed by atoms with Gasteiger partial charge in [0.25, 0.3) is 0 Å². The Hall–Kier alpha value is -2.08. The van der Waals surface area contributed by atoms with Crippen LogP contribution in [0.25, 0.3) is 0 Å². The summed E-state index contributed by atoms with van der Waals surface area (Å²) in [4.78, 5) is 28.9. The first-order valence-electron chi connectivity index (χ1n) is 10.1. The average Bonchev–Trinajstić information content (AvgIpc) is 3.23. The third-order valence-electron chi connectivity index (χ3n) is 5.63. The van der Waals surface area contributed by atoms with Crippen LogP contribution in [0.5, 0.6) is 5.75 Å². The number of methoxy groups -OCH3 is 1. The van der Waals surface area contributed by atoms with Gasteiger partial charge in [-0.1, -0.05) is 18.2 Å². The summed E-state index contributed by atoms with van der Waals surface area (Å²) in [6.07, 6.45) is 4.76. The first-order valence-corrected chi connectivity index (χ1v) is 10.1.